The number of benzene rings is 3. The SMILES string of the molecule is C=C(Cl)CN1C(=O)CC(c2ccc(OCC)cc2)c2c1ccc1ccccc21. The Kier molecular flexibility index (Phi) is 5.10. The molecule has 28 heavy (non-hydrogen) atoms. The minimum absolute atomic E-state index is 0.0101. The number of nitrogens with zero attached hydrogens (tertiary/aromatic N) is 1. The van der Waals surface area contributed by atoms with Crippen molar-refractivity contribution in [1.82, 2.24) is 0 Å². The van der Waals surface area contributed by atoms with Crippen LogP contribution in [0.25, 0.3) is 10.8 Å². The summed E-state index contributed by atoms with van der Waals surface area (Å²) in [7, 11) is 0. The number of ether oxygens (including phenoxy) is 1. The molecular formula is C24H22ClNO2. The molecule has 1 unspecified atom stereocenters. The molecule has 1 heterocycles. The smallest absolute Gasteiger partial charge is 0.228 e. The van der Waals surface area contributed by atoms with Crippen molar-refractivity contribution in [1.29, 1.82) is 0 Å². The fraction of sp³-hybridized carbons (Fsp3) is 0.208. The molecule has 3 aromatic carbocycles. The quantitative estimate of drug-likeness (QED) is 0.545. The molecule has 0 aliphatic carbocycles. The van der Waals surface area contributed by atoms with Crippen molar-refractivity contribution in [2.75, 3.05) is 18.1 Å². The number of anilines is 1. The first-order chi connectivity index (χ1) is 13.6. The first-order valence-corrected chi connectivity index (χ1v) is 9.84. The van der Waals surface area contributed by atoms with Crippen LogP contribution in [0, 0.1) is 0 Å². The van der Waals surface area contributed by atoms with Gasteiger partial charge in [0.15, 0.2) is 0 Å². The van der Waals surface area contributed by atoms with Crippen LogP contribution in [-0.2, 0) is 4.79 Å². The largest absolute Gasteiger partial charge is 0.494 e. The van der Waals surface area contributed by atoms with Gasteiger partial charge in [-0.05, 0) is 47.0 Å². The summed E-state index contributed by atoms with van der Waals surface area (Å²) >= 11 is 6.06. The molecule has 0 fully saturated rings. The van der Waals surface area contributed by atoms with Crippen LogP contribution in [0.1, 0.15) is 30.4 Å². The monoisotopic (exact) mass is 391 g/mol. The van der Waals surface area contributed by atoms with Crippen LogP contribution >= 0.6 is 11.6 Å². The highest BCUT2D eigenvalue weighted by atomic mass is 35.5. The van der Waals surface area contributed by atoms with Gasteiger partial charge in [0, 0.05) is 23.1 Å². The zero-order valence-corrected chi connectivity index (χ0v) is 16.6. The van der Waals surface area contributed by atoms with Gasteiger partial charge in [0.2, 0.25) is 5.91 Å². The van der Waals surface area contributed by atoms with Crippen molar-refractivity contribution in [3.63, 3.8) is 0 Å². The van der Waals surface area contributed by atoms with Gasteiger partial charge < -0.3 is 9.64 Å². The first kappa shape index (κ1) is 18.6. The number of carbonyl (C=O) groups is 1. The summed E-state index contributed by atoms with van der Waals surface area (Å²) in [5.74, 6) is 0.888. The standard InChI is InChI=1S/C24H22ClNO2/c1-3-28-19-11-8-18(9-12-19)21-14-23(27)26(15-16(2)25)22-13-10-17-6-4-5-7-20(17)24(21)22/h4-13,21H,2-3,14-15H2,1H3. The van der Waals surface area contributed by atoms with E-state index < -0.39 is 0 Å². The van der Waals surface area contributed by atoms with E-state index >= 15 is 0 Å². The Morgan fingerprint density at radius 1 is 1.14 bits per heavy atom. The predicted octanol–water partition coefficient (Wildman–Crippen LogP) is 5.86. The Morgan fingerprint density at radius 3 is 2.61 bits per heavy atom. The lowest BCUT2D eigenvalue weighted by Gasteiger charge is -2.35. The third-order valence-electron chi connectivity index (χ3n) is 5.19. The summed E-state index contributed by atoms with van der Waals surface area (Å²) < 4.78 is 5.57. The lowest BCUT2D eigenvalue weighted by molar-refractivity contribution is -0.119. The Balaban J connectivity index is 1.88. The highest BCUT2D eigenvalue weighted by Gasteiger charge is 2.33. The molecule has 0 saturated heterocycles. The summed E-state index contributed by atoms with van der Waals surface area (Å²) in [4.78, 5) is 14.7. The number of fused-ring (bicyclic) bond motifs is 3. The summed E-state index contributed by atoms with van der Waals surface area (Å²) in [5, 5.41) is 2.78. The Hall–Kier alpha value is -2.78. The summed E-state index contributed by atoms with van der Waals surface area (Å²) in [6.07, 6.45) is 0.402. The lowest BCUT2D eigenvalue weighted by atomic mass is 9.81. The third-order valence-corrected chi connectivity index (χ3v) is 5.31. The van der Waals surface area contributed by atoms with Crippen LogP contribution in [0.2, 0.25) is 0 Å². The number of halogens is 1. The zero-order chi connectivity index (χ0) is 19.7. The highest BCUT2D eigenvalue weighted by Crippen LogP contribution is 2.44. The second kappa shape index (κ2) is 7.69. The second-order valence-electron chi connectivity index (χ2n) is 6.98. The summed E-state index contributed by atoms with van der Waals surface area (Å²) in [6.45, 7) is 6.70. The van der Waals surface area contributed by atoms with Gasteiger partial charge in [-0.3, -0.25) is 4.79 Å². The molecule has 4 rings (SSSR count). The lowest BCUT2D eigenvalue weighted by Crippen LogP contribution is -2.37. The average molecular weight is 392 g/mol. The number of carbonyl (C=O) groups excluding carboxylic acids is 1. The molecule has 0 saturated carbocycles. The molecule has 3 nitrogen and oxygen atoms in total. The maximum absolute atomic E-state index is 13.0. The molecular weight excluding hydrogens is 370 g/mol. The molecule has 0 spiro atoms. The van der Waals surface area contributed by atoms with Gasteiger partial charge in [-0.25, -0.2) is 0 Å². The number of hydrogen-bond donors (Lipinski definition) is 0. The van der Waals surface area contributed by atoms with Crippen LogP contribution in [0.3, 0.4) is 0 Å². The molecule has 0 N–H and O–H groups in total. The van der Waals surface area contributed by atoms with Crippen LogP contribution in [0.15, 0.2) is 72.3 Å². The van der Waals surface area contributed by atoms with E-state index in [-0.39, 0.29) is 11.8 Å². The van der Waals surface area contributed by atoms with Crippen molar-refractivity contribution in [3.8, 4) is 5.75 Å². The van der Waals surface area contributed by atoms with Gasteiger partial charge in [-0.2, -0.15) is 0 Å². The molecule has 0 aromatic heterocycles. The summed E-state index contributed by atoms with van der Waals surface area (Å²) in [6, 6.07) is 20.5. The highest BCUT2D eigenvalue weighted by molar-refractivity contribution is 6.30. The van der Waals surface area contributed by atoms with Gasteiger partial charge >= 0.3 is 0 Å². The van der Waals surface area contributed by atoms with E-state index in [1.165, 1.54) is 5.56 Å². The third kappa shape index (κ3) is 3.38. The first-order valence-electron chi connectivity index (χ1n) is 9.46. The van der Waals surface area contributed by atoms with Gasteiger partial charge in [-0.15, -0.1) is 0 Å². The van der Waals surface area contributed by atoms with E-state index in [9.17, 15) is 4.79 Å². The van der Waals surface area contributed by atoms with E-state index in [2.05, 4.69) is 36.9 Å². The second-order valence-corrected chi connectivity index (χ2v) is 7.51. The van der Waals surface area contributed by atoms with Gasteiger partial charge in [0.25, 0.3) is 0 Å². The number of rotatable bonds is 5. The molecule has 1 amide bonds. The van der Waals surface area contributed by atoms with E-state index in [4.69, 9.17) is 16.3 Å². The molecule has 1 atom stereocenters. The fourth-order valence-corrected chi connectivity index (χ4v) is 4.12. The minimum Gasteiger partial charge on any atom is -0.494 e. The summed E-state index contributed by atoms with van der Waals surface area (Å²) in [5.41, 5.74) is 3.19. The van der Waals surface area contributed by atoms with Crippen molar-refractivity contribution >= 4 is 34.0 Å². The molecule has 3 aromatic rings. The van der Waals surface area contributed by atoms with E-state index in [1.54, 1.807) is 4.90 Å². The zero-order valence-electron chi connectivity index (χ0n) is 15.8. The maximum atomic E-state index is 13.0. The Labute approximate surface area is 170 Å². The van der Waals surface area contributed by atoms with Crippen molar-refractivity contribution in [2.45, 2.75) is 19.3 Å². The number of hydrogen-bond acceptors (Lipinski definition) is 2. The minimum atomic E-state index is -0.0101. The Morgan fingerprint density at radius 2 is 1.89 bits per heavy atom. The van der Waals surface area contributed by atoms with E-state index in [0.29, 0.717) is 24.6 Å². The van der Waals surface area contributed by atoms with Crippen LogP contribution in [0.4, 0.5) is 5.69 Å². The van der Waals surface area contributed by atoms with Gasteiger partial charge in [-0.1, -0.05) is 60.6 Å². The maximum Gasteiger partial charge on any atom is 0.228 e. The molecule has 0 radical (unpaired) electrons. The molecule has 1 aliphatic rings. The topological polar surface area (TPSA) is 29.5 Å². The average Bonchev–Trinajstić information content (AvgIpc) is 2.70. The fourth-order valence-electron chi connectivity index (χ4n) is 4.00. The van der Waals surface area contributed by atoms with Crippen molar-refractivity contribution in [3.05, 3.63) is 83.4 Å². The van der Waals surface area contributed by atoms with Crippen LogP contribution in [-0.4, -0.2) is 19.1 Å². The van der Waals surface area contributed by atoms with E-state index in [0.717, 1.165) is 27.8 Å². The van der Waals surface area contributed by atoms with Crippen LogP contribution < -0.4 is 9.64 Å². The van der Waals surface area contributed by atoms with Gasteiger partial charge in [0.05, 0.1) is 13.2 Å². The number of amides is 1. The molecule has 0 bridgehead atoms. The normalized spacial score (nSPS) is 16.1. The molecule has 142 valence electrons. The van der Waals surface area contributed by atoms with Crippen molar-refractivity contribution < 1.29 is 9.53 Å². The van der Waals surface area contributed by atoms with E-state index in [1.807, 2.05) is 37.3 Å². The Bertz CT molecular complexity index is 1040. The van der Waals surface area contributed by atoms with Gasteiger partial charge in [0.1, 0.15) is 5.75 Å². The van der Waals surface area contributed by atoms with Crippen molar-refractivity contribution in [2.24, 2.45) is 0 Å². The predicted molar refractivity (Wildman–Crippen MR) is 115 cm³/mol. The molecule has 4 heteroatoms. The molecule has 1 aliphatic heterocycles. The van der Waals surface area contributed by atoms with Crippen LogP contribution in [0.5, 0.6) is 5.75 Å².